The van der Waals surface area contributed by atoms with Gasteiger partial charge in [0, 0.05) is 6.54 Å². The third-order valence-electron chi connectivity index (χ3n) is 2.01. The molecule has 1 aliphatic heterocycles. The van der Waals surface area contributed by atoms with Crippen molar-refractivity contribution < 1.29 is 14.3 Å². The van der Waals surface area contributed by atoms with Crippen molar-refractivity contribution >= 4 is 12.0 Å². The Bertz CT molecular complexity index is 206. The molecule has 13 heavy (non-hydrogen) atoms. The summed E-state index contributed by atoms with van der Waals surface area (Å²) in [5, 5.41) is 5.20. The van der Waals surface area contributed by atoms with Crippen molar-refractivity contribution in [1.82, 2.24) is 10.6 Å². The second-order valence-corrected chi connectivity index (χ2v) is 2.98. The molecular weight excluding hydrogens is 172 g/mol. The predicted molar refractivity (Wildman–Crippen MR) is 46.2 cm³/mol. The summed E-state index contributed by atoms with van der Waals surface area (Å²) in [6.45, 7) is 0.693. The summed E-state index contributed by atoms with van der Waals surface area (Å²) in [7, 11) is 1.28. The van der Waals surface area contributed by atoms with Crippen LogP contribution in [0.3, 0.4) is 0 Å². The lowest BCUT2D eigenvalue weighted by molar-refractivity contribution is -0.122. The Morgan fingerprint density at radius 3 is 3.08 bits per heavy atom. The maximum absolute atomic E-state index is 11.3. The van der Waals surface area contributed by atoms with Crippen LogP contribution in [0.1, 0.15) is 19.3 Å². The minimum atomic E-state index is -0.554. The van der Waals surface area contributed by atoms with E-state index in [-0.39, 0.29) is 5.91 Å². The highest BCUT2D eigenvalue weighted by molar-refractivity contribution is 5.85. The van der Waals surface area contributed by atoms with Crippen molar-refractivity contribution in [2.45, 2.75) is 25.3 Å². The van der Waals surface area contributed by atoms with E-state index in [0.29, 0.717) is 13.0 Å². The van der Waals surface area contributed by atoms with Crippen molar-refractivity contribution in [2.75, 3.05) is 13.7 Å². The highest BCUT2D eigenvalue weighted by atomic mass is 16.5. The van der Waals surface area contributed by atoms with E-state index in [1.165, 1.54) is 7.11 Å². The van der Waals surface area contributed by atoms with Crippen molar-refractivity contribution in [2.24, 2.45) is 0 Å². The molecule has 1 rings (SSSR count). The Hall–Kier alpha value is -1.26. The Balaban J connectivity index is 2.45. The standard InChI is InChI=1S/C8H14N2O3/c1-13-8(12)10-6-4-2-3-5-9-7(6)11/h6H,2-5H2,1H3,(H,9,11)(H,10,12)/t6-/m0/s1. The normalized spacial score (nSPS) is 22.8. The van der Waals surface area contributed by atoms with Crippen LogP contribution < -0.4 is 10.6 Å². The fourth-order valence-electron chi connectivity index (χ4n) is 1.28. The number of methoxy groups -OCH3 is 1. The topological polar surface area (TPSA) is 67.4 Å². The van der Waals surface area contributed by atoms with Crippen LogP contribution in [-0.2, 0) is 9.53 Å². The molecule has 2 amide bonds. The lowest BCUT2D eigenvalue weighted by Gasteiger charge is -2.13. The first kappa shape index (κ1) is 9.83. The first-order chi connectivity index (χ1) is 6.24. The molecule has 1 heterocycles. The molecule has 0 aromatic carbocycles. The van der Waals surface area contributed by atoms with E-state index in [1.807, 2.05) is 0 Å². The van der Waals surface area contributed by atoms with E-state index < -0.39 is 12.1 Å². The largest absolute Gasteiger partial charge is 0.453 e. The molecule has 0 aromatic heterocycles. The summed E-state index contributed by atoms with van der Waals surface area (Å²) in [5.74, 6) is -0.122. The number of rotatable bonds is 1. The van der Waals surface area contributed by atoms with E-state index in [0.717, 1.165) is 12.8 Å². The van der Waals surface area contributed by atoms with Gasteiger partial charge in [0.25, 0.3) is 0 Å². The molecule has 1 saturated heterocycles. The van der Waals surface area contributed by atoms with E-state index in [2.05, 4.69) is 15.4 Å². The van der Waals surface area contributed by atoms with Crippen molar-refractivity contribution in [3.05, 3.63) is 0 Å². The minimum absolute atomic E-state index is 0.122. The highest BCUT2D eigenvalue weighted by Gasteiger charge is 2.22. The quantitative estimate of drug-likeness (QED) is 0.606. The number of hydrogen-bond donors (Lipinski definition) is 2. The molecule has 0 unspecified atom stereocenters. The molecule has 1 aliphatic rings. The summed E-state index contributed by atoms with van der Waals surface area (Å²) in [4.78, 5) is 22.1. The molecule has 0 radical (unpaired) electrons. The summed E-state index contributed by atoms with van der Waals surface area (Å²) < 4.78 is 4.41. The number of alkyl carbamates (subject to hydrolysis) is 1. The zero-order chi connectivity index (χ0) is 9.68. The Labute approximate surface area is 76.8 Å². The fourth-order valence-corrected chi connectivity index (χ4v) is 1.28. The van der Waals surface area contributed by atoms with Gasteiger partial charge >= 0.3 is 6.09 Å². The van der Waals surface area contributed by atoms with Gasteiger partial charge in [-0.1, -0.05) is 0 Å². The molecule has 0 aliphatic carbocycles. The molecular formula is C8H14N2O3. The molecule has 5 heteroatoms. The molecule has 0 bridgehead atoms. The van der Waals surface area contributed by atoms with Crippen LogP contribution in [0.25, 0.3) is 0 Å². The third kappa shape index (κ3) is 2.93. The van der Waals surface area contributed by atoms with Gasteiger partial charge in [0.15, 0.2) is 0 Å². The zero-order valence-electron chi connectivity index (χ0n) is 7.63. The van der Waals surface area contributed by atoms with Gasteiger partial charge in [-0.05, 0) is 19.3 Å². The highest BCUT2D eigenvalue weighted by Crippen LogP contribution is 2.05. The van der Waals surface area contributed by atoms with Crippen LogP contribution in [-0.4, -0.2) is 31.7 Å². The van der Waals surface area contributed by atoms with Gasteiger partial charge in [-0.2, -0.15) is 0 Å². The molecule has 1 fully saturated rings. The van der Waals surface area contributed by atoms with E-state index in [1.54, 1.807) is 0 Å². The Kier molecular flexibility index (Phi) is 3.54. The molecule has 1 atom stereocenters. The van der Waals surface area contributed by atoms with Crippen LogP contribution in [0.4, 0.5) is 4.79 Å². The maximum atomic E-state index is 11.3. The van der Waals surface area contributed by atoms with Crippen LogP contribution >= 0.6 is 0 Å². The second-order valence-electron chi connectivity index (χ2n) is 2.98. The van der Waals surface area contributed by atoms with Gasteiger partial charge in [0.1, 0.15) is 6.04 Å². The van der Waals surface area contributed by atoms with Crippen LogP contribution in [0, 0.1) is 0 Å². The average Bonchev–Trinajstić information content (AvgIpc) is 2.32. The molecule has 0 aromatic rings. The summed E-state index contributed by atoms with van der Waals surface area (Å²) >= 11 is 0. The molecule has 0 spiro atoms. The molecule has 0 saturated carbocycles. The molecule has 5 nitrogen and oxygen atoms in total. The van der Waals surface area contributed by atoms with E-state index >= 15 is 0 Å². The number of carbonyl (C=O) groups is 2. The lowest BCUT2D eigenvalue weighted by Crippen LogP contribution is -2.45. The van der Waals surface area contributed by atoms with Gasteiger partial charge in [-0.3, -0.25) is 4.79 Å². The van der Waals surface area contributed by atoms with Crippen LogP contribution in [0.2, 0.25) is 0 Å². The Morgan fingerprint density at radius 2 is 2.38 bits per heavy atom. The van der Waals surface area contributed by atoms with Gasteiger partial charge < -0.3 is 15.4 Å². The summed E-state index contributed by atoms with van der Waals surface area (Å²) in [6, 6.07) is -0.435. The number of hydrogen-bond acceptors (Lipinski definition) is 3. The number of ether oxygens (including phenoxy) is 1. The van der Waals surface area contributed by atoms with Crippen molar-refractivity contribution in [3.63, 3.8) is 0 Å². The monoisotopic (exact) mass is 186 g/mol. The summed E-state index contributed by atoms with van der Waals surface area (Å²) in [6.07, 6.45) is 2.03. The zero-order valence-corrected chi connectivity index (χ0v) is 7.63. The van der Waals surface area contributed by atoms with Crippen LogP contribution in [0.5, 0.6) is 0 Å². The minimum Gasteiger partial charge on any atom is -0.453 e. The van der Waals surface area contributed by atoms with Gasteiger partial charge in [-0.25, -0.2) is 4.79 Å². The van der Waals surface area contributed by atoms with Gasteiger partial charge in [0.05, 0.1) is 7.11 Å². The maximum Gasteiger partial charge on any atom is 0.407 e. The average molecular weight is 186 g/mol. The number of nitrogens with one attached hydrogen (secondary N) is 2. The first-order valence-electron chi connectivity index (χ1n) is 4.36. The molecule has 2 N–H and O–H groups in total. The fraction of sp³-hybridized carbons (Fsp3) is 0.750. The second kappa shape index (κ2) is 4.69. The molecule has 74 valence electrons. The first-order valence-corrected chi connectivity index (χ1v) is 4.36. The van der Waals surface area contributed by atoms with E-state index in [9.17, 15) is 9.59 Å². The summed E-state index contributed by atoms with van der Waals surface area (Å²) in [5.41, 5.74) is 0. The van der Waals surface area contributed by atoms with Gasteiger partial charge in [0.2, 0.25) is 5.91 Å². The number of carbonyl (C=O) groups excluding carboxylic acids is 2. The van der Waals surface area contributed by atoms with Crippen molar-refractivity contribution in [3.8, 4) is 0 Å². The SMILES string of the molecule is COC(=O)N[C@H]1CCCCNC1=O. The van der Waals surface area contributed by atoms with Crippen LogP contribution in [0.15, 0.2) is 0 Å². The Morgan fingerprint density at radius 1 is 1.62 bits per heavy atom. The smallest absolute Gasteiger partial charge is 0.407 e. The number of amides is 2. The van der Waals surface area contributed by atoms with Crippen molar-refractivity contribution in [1.29, 1.82) is 0 Å². The third-order valence-corrected chi connectivity index (χ3v) is 2.01. The van der Waals surface area contributed by atoms with E-state index in [4.69, 9.17) is 0 Å². The lowest BCUT2D eigenvalue weighted by atomic mass is 10.1. The predicted octanol–water partition coefficient (Wildman–Crippen LogP) is 0.0111. The van der Waals surface area contributed by atoms with Gasteiger partial charge in [-0.15, -0.1) is 0 Å².